The average molecular weight is 485 g/mol. The Balaban J connectivity index is 1.20. The lowest BCUT2D eigenvalue weighted by Crippen LogP contribution is -2.11. The first-order valence-corrected chi connectivity index (χ1v) is 11.5. The second-order valence-corrected chi connectivity index (χ2v) is 8.80. The van der Waals surface area contributed by atoms with Crippen LogP contribution in [-0.4, -0.2) is 21.8 Å². The van der Waals surface area contributed by atoms with Crippen molar-refractivity contribution in [2.75, 3.05) is 10.6 Å². The first-order chi connectivity index (χ1) is 16.9. The van der Waals surface area contributed by atoms with Gasteiger partial charge in [0, 0.05) is 36.3 Å². The molecule has 2 N–H and O–H groups in total. The summed E-state index contributed by atoms with van der Waals surface area (Å²) >= 11 is 1.12. The zero-order valence-electron chi connectivity index (χ0n) is 18.9. The molecule has 0 unspecified atom stereocenters. The Labute approximate surface area is 204 Å². The van der Waals surface area contributed by atoms with Gasteiger partial charge in [-0.05, 0) is 60.7 Å². The fraction of sp³-hybridized carbons (Fsp3) is 0.0769. The van der Waals surface area contributed by atoms with E-state index in [0.29, 0.717) is 44.4 Å². The number of aromatic nitrogens is 2. The van der Waals surface area contributed by atoms with Crippen molar-refractivity contribution in [3.63, 3.8) is 0 Å². The van der Waals surface area contributed by atoms with Crippen LogP contribution in [0.1, 0.15) is 31.1 Å². The van der Waals surface area contributed by atoms with E-state index < -0.39 is 0 Å². The maximum Gasteiger partial charge on any atom is 0.265 e. The molecule has 0 bridgehead atoms. The van der Waals surface area contributed by atoms with Gasteiger partial charge in [-0.1, -0.05) is 0 Å². The number of nitrogens with zero attached hydrogens (tertiary/aromatic N) is 2. The van der Waals surface area contributed by atoms with Crippen molar-refractivity contribution in [1.29, 1.82) is 0 Å². The number of carbonyl (C=O) groups excluding carboxylic acids is 2. The van der Waals surface area contributed by atoms with E-state index in [1.807, 2.05) is 24.3 Å². The predicted octanol–water partition coefficient (Wildman–Crippen LogP) is 6.18. The number of aryl methyl sites for hydroxylation is 2. The van der Waals surface area contributed by atoms with Crippen LogP contribution in [0, 0.1) is 13.8 Å². The number of hydrogen-bond acceptors (Lipinski definition) is 7. The van der Waals surface area contributed by atoms with Gasteiger partial charge in [0.05, 0.1) is 22.1 Å². The standard InChI is InChI=1S/C26H20N4O4S/c1-15-27-13-21(33-15)17-3-7-19(8-4-17)29-25(31)23-11-12-24(35-23)26(32)30-20-9-5-18(6-10-20)22-14-28-16(2)34-22/h3-14H,1-2H3,(H,29,31)(H,30,32). The summed E-state index contributed by atoms with van der Waals surface area (Å²) in [7, 11) is 0. The topological polar surface area (TPSA) is 110 Å². The van der Waals surface area contributed by atoms with Crippen LogP contribution in [0.15, 0.2) is 81.9 Å². The molecule has 3 heterocycles. The maximum absolute atomic E-state index is 12.7. The van der Waals surface area contributed by atoms with Crippen molar-refractivity contribution in [3.8, 4) is 22.6 Å². The molecule has 0 aliphatic carbocycles. The molecule has 2 amide bonds. The lowest BCUT2D eigenvalue weighted by molar-refractivity contribution is 0.102. The fourth-order valence-corrected chi connectivity index (χ4v) is 4.19. The monoisotopic (exact) mass is 484 g/mol. The highest BCUT2D eigenvalue weighted by Crippen LogP contribution is 2.25. The van der Waals surface area contributed by atoms with Crippen LogP contribution in [0.2, 0.25) is 0 Å². The van der Waals surface area contributed by atoms with Crippen LogP contribution >= 0.6 is 11.3 Å². The minimum absolute atomic E-state index is 0.288. The minimum Gasteiger partial charge on any atom is -0.441 e. The average Bonchev–Trinajstić information content (AvgIpc) is 3.61. The SMILES string of the molecule is Cc1ncc(-c2ccc(NC(=O)c3ccc(C(=O)Nc4ccc(-c5cnc(C)o5)cc4)s3)cc2)o1. The van der Waals surface area contributed by atoms with E-state index in [2.05, 4.69) is 20.6 Å². The van der Waals surface area contributed by atoms with Crippen molar-refractivity contribution in [2.24, 2.45) is 0 Å². The molecule has 5 rings (SSSR count). The summed E-state index contributed by atoms with van der Waals surface area (Å²) in [6.45, 7) is 3.56. The summed E-state index contributed by atoms with van der Waals surface area (Å²) in [4.78, 5) is 34.4. The zero-order chi connectivity index (χ0) is 24.4. The van der Waals surface area contributed by atoms with Gasteiger partial charge in [-0.25, -0.2) is 9.97 Å². The second kappa shape index (κ2) is 9.40. The van der Waals surface area contributed by atoms with Crippen molar-refractivity contribution >= 4 is 34.5 Å². The van der Waals surface area contributed by atoms with Gasteiger partial charge in [-0.2, -0.15) is 0 Å². The second-order valence-electron chi connectivity index (χ2n) is 7.71. The van der Waals surface area contributed by atoms with Crippen LogP contribution in [0.25, 0.3) is 22.6 Å². The smallest absolute Gasteiger partial charge is 0.265 e. The molecule has 0 atom stereocenters. The number of oxazole rings is 2. The first kappa shape index (κ1) is 22.3. The molecule has 0 saturated heterocycles. The number of anilines is 2. The minimum atomic E-state index is -0.288. The molecule has 0 fully saturated rings. The van der Waals surface area contributed by atoms with E-state index in [9.17, 15) is 9.59 Å². The van der Waals surface area contributed by atoms with E-state index in [1.165, 1.54) is 0 Å². The quantitative estimate of drug-likeness (QED) is 0.298. The van der Waals surface area contributed by atoms with Crippen molar-refractivity contribution < 1.29 is 18.4 Å². The van der Waals surface area contributed by atoms with Crippen molar-refractivity contribution in [2.45, 2.75) is 13.8 Å². The van der Waals surface area contributed by atoms with Crippen LogP contribution in [0.5, 0.6) is 0 Å². The van der Waals surface area contributed by atoms with E-state index in [-0.39, 0.29) is 11.8 Å². The molecule has 0 spiro atoms. The summed E-state index contributed by atoms with van der Waals surface area (Å²) in [5, 5.41) is 5.69. The van der Waals surface area contributed by atoms with Gasteiger partial charge in [-0.3, -0.25) is 9.59 Å². The third-order valence-electron chi connectivity index (χ3n) is 5.15. The Bertz CT molecular complexity index is 1380. The predicted molar refractivity (Wildman–Crippen MR) is 134 cm³/mol. The molecule has 8 nitrogen and oxygen atoms in total. The first-order valence-electron chi connectivity index (χ1n) is 10.7. The Morgan fingerprint density at radius 3 is 1.40 bits per heavy atom. The van der Waals surface area contributed by atoms with Gasteiger partial charge in [-0.15, -0.1) is 11.3 Å². The highest BCUT2D eigenvalue weighted by atomic mass is 32.1. The van der Waals surface area contributed by atoms with Gasteiger partial charge in [0.25, 0.3) is 11.8 Å². The number of amides is 2. The fourth-order valence-electron chi connectivity index (χ4n) is 3.39. The molecule has 3 aromatic heterocycles. The van der Waals surface area contributed by atoms with Crippen LogP contribution < -0.4 is 10.6 Å². The Morgan fingerprint density at radius 2 is 1.06 bits per heavy atom. The molecular weight excluding hydrogens is 464 g/mol. The summed E-state index contributed by atoms with van der Waals surface area (Å²) in [5.41, 5.74) is 3.00. The van der Waals surface area contributed by atoms with E-state index in [1.54, 1.807) is 62.6 Å². The van der Waals surface area contributed by atoms with E-state index in [0.717, 1.165) is 22.5 Å². The molecule has 9 heteroatoms. The molecule has 0 aliphatic rings. The lowest BCUT2D eigenvalue weighted by Gasteiger charge is -2.05. The molecular formula is C26H20N4O4S. The van der Waals surface area contributed by atoms with Crippen LogP contribution in [0.4, 0.5) is 11.4 Å². The zero-order valence-corrected chi connectivity index (χ0v) is 19.7. The summed E-state index contributed by atoms with van der Waals surface area (Å²) in [5.74, 6) is 1.93. The Hall–Kier alpha value is -4.50. The number of nitrogens with one attached hydrogen (secondary N) is 2. The summed E-state index contributed by atoms with van der Waals surface area (Å²) in [6.07, 6.45) is 3.32. The Morgan fingerprint density at radius 1 is 0.657 bits per heavy atom. The number of carbonyl (C=O) groups is 2. The third kappa shape index (κ3) is 5.04. The van der Waals surface area contributed by atoms with E-state index >= 15 is 0 Å². The molecule has 35 heavy (non-hydrogen) atoms. The van der Waals surface area contributed by atoms with E-state index in [4.69, 9.17) is 8.83 Å². The molecule has 174 valence electrons. The molecule has 0 aliphatic heterocycles. The van der Waals surface area contributed by atoms with Gasteiger partial charge in [0.2, 0.25) is 0 Å². The summed E-state index contributed by atoms with van der Waals surface area (Å²) in [6, 6.07) is 17.8. The van der Waals surface area contributed by atoms with Gasteiger partial charge in [0.15, 0.2) is 23.3 Å². The normalized spacial score (nSPS) is 10.8. The number of benzene rings is 2. The largest absolute Gasteiger partial charge is 0.441 e. The van der Waals surface area contributed by atoms with Gasteiger partial charge in [0.1, 0.15) is 0 Å². The van der Waals surface area contributed by atoms with Crippen molar-refractivity contribution in [3.05, 3.63) is 94.6 Å². The number of rotatable bonds is 6. The van der Waals surface area contributed by atoms with Crippen LogP contribution in [-0.2, 0) is 0 Å². The molecule has 0 saturated carbocycles. The molecule has 0 radical (unpaired) electrons. The molecule has 2 aromatic carbocycles. The molecule has 5 aromatic rings. The highest BCUT2D eigenvalue weighted by molar-refractivity contribution is 7.16. The number of thiophene rings is 1. The third-order valence-corrected chi connectivity index (χ3v) is 6.23. The Kier molecular flexibility index (Phi) is 5.99. The van der Waals surface area contributed by atoms with Gasteiger partial charge >= 0.3 is 0 Å². The number of hydrogen-bond donors (Lipinski definition) is 2. The van der Waals surface area contributed by atoms with Gasteiger partial charge < -0.3 is 19.5 Å². The lowest BCUT2D eigenvalue weighted by atomic mass is 10.1. The highest BCUT2D eigenvalue weighted by Gasteiger charge is 2.15. The van der Waals surface area contributed by atoms with Crippen molar-refractivity contribution in [1.82, 2.24) is 9.97 Å². The summed E-state index contributed by atoms with van der Waals surface area (Å²) < 4.78 is 11.0. The van der Waals surface area contributed by atoms with Crippen LogP contribution in [0.3, 0.4) is 0 Å². The maximum atomic E-state index is 12.7.